The number of nitrogens with one attached hydrogen (secondary N) is 1. The third-order valence-corrected chi connectivity index (χ3v) is 3.69. The lowest BCUT2D eigenvalue weighted by atomic mass is 10.3. The summed E-state index contributed by atoms with van der Waals surface area (Å²) in [6, 6.07) is 6.25. The molecule has 0 aliphatic rings. The van der Waals surface area contributed by atoms with E-state index in [1.807, 2.05) is 0 Å². The number of hydrogen-bond donors (Lipinski definition) is 1. The van der Waals surface area contributed by atoms with Gasteiger partial charge in [0.25, 0.3) is 11.7 Å². The van der Waals surface area contributed by atoms with E-state index in [1.54, 1.807) is 24.3 Å². The van der Waals surface area contributed by atoms with Crippen LogP contribution in [0.3, 0.4) is 0 Å². The van der Waals surface area contributed by atoms with Gasteiger partial charge in [0.1, 0.15) is 0 Å². The highest BCUT2D eigenvalue weighted by Crippen LogP contribution is 2.29. The number of nitrogens with zero attached hydrogens (tertiary/aromatic N) is 4. The Hall–Kier alpha value is -2.20. The minimum atomic E-state index is -4.70. The van der Waals surface area contributed by atoms with Crippen LogP contribution in [-0.4, -0.2) is 25.7 Å². The maximum Gasteiger partial charge on any atom is 0.453 e. The van der Waals surface area contributed by atoms with E-state index in [4.69, 9.17) is 11.6 Å². The van der Waals surface area contributed by atoms with Gasteiger partial charge >= 0.3 is 6.18 Å². The van der Waals surface area contributed by atoms with Crippen molar-refractivity contribution in [1.29, 1.82) is 0 Å². The van der Waals surface area contributed by atoms with Crippen molar-refractivity contribution in [3.63, 3.8) is 0 Å². The molecule has 0 saturated heterocycles. The predicted molar refractivity (Wildman–Crippen MR) is 73.1 cm³/mol. The summed E-state index contributed by atoms with van der Waals surface area (Å²) in [5, 5.41) is 12.8. The number of carbonyl (C=O) groups excluding carboxylic acids is 1. The van der Waals surface area contributed by atoms with Crippen LogP contribution in [0.1, 0.15) is 15.6 Å². The highest BCUT2D eigenvalue weighted by molar-refractivity contribution is 7.18. The van der Waals surface area contributed by atoms with Gasteiger partial charge in [0.15, 0.2) is 0 Å². The average Bonchev–Trinajstić information content (AvgIpc) is 2.99. The first-order chi connectivity index (χ1) is 10.3. The second kappa shape index (κ2) is 5.21. The van der Waals surface area contributed by atoms with Crippen molar-refractivity contribution in [2.75, 3.05) is 5.32 Å². The molecular weight excluding hydrogens is 343 g/mol. The van der Waals surface area contributed by atoms with E-state index in [2.05, 4.69) is 20.6 Å². The molecule has 11 heteroatoms. The number of fused-ring (bicyclic) bond motifs is 1. The fourth-order valence-corrected chi connectivity index (χ4v) is 2.46. The summed E-state index contributed by atoms with van der Waals surface area (Å²) >= 11 is 6.42. The zero-order valence-corrected chi connectivity index (χ0v) is 12.0. The second-order valence-electron chi connectivity index (χ2n) is 4.08. The number of aromatic nitrogens is 4. The van der Waals surface area contributed by atoms with E-state index in [9.17, 15) is 18.0 Å². The van der Waals surface area contributed by atoms with Gasteiger partial charge in [-0.25, -0.2) is 0 Å². The molecule has 3 rings (SSSR count). The van der Waals surface area contributed by atoms with Crippen LogP contribution in [0.5, 0.6) is 0 Å². The number of hydrogen-bond acceptors (Lipinski definition) is 5. The van der Waals surface area contributed by atoms with Crippen LogP contribution in [0, 0.1) is 0 Å². The zero-order chi connectivity index (χ0) is 15.9. The normalized spacial score (nSPS) is 11.8. The third-order valence-electron chi connectivity index (χ3n) is 2.54. The number of halogens is 4. The highest BCUT2D eigenvalue weighted by atomic mass is 35.5. The molecule has 0 fully saturated rings. The molecule has 2 aromatic heterocycles. The Morgan fingerprint density at radius 3 is 2.55 bits per heavy atom. The Balaban J connectivity index is 1.88. The van der Waals surface area contributed by atoms with Crippen LogP contribution in [-0.2, 0) is 6.18 Å². The molecule has 1 aromatic carbocycles. The van der Waals surface area contributed by atoms with Crippen molar-refractivity contribution in [2.45, 2.75) is 6.18 Å². The smallest absolute Gasteiger partial charge is 0.320 e. The lowest BCUT2D eigenvalue weighted by Crippen LogP contribution is -2.14. The first kappa shape index (κ1) is 14.7. The van der Waals surface area contributed by atoms with Gasteiger partial charge in [0.2, 0.25) is 9.97 Å². The first-order valence-corrected chi connectivity index (χ1v) is 6.90. The largest absolute Gasteiger partial charge is 0.453 e. The fourth-order valence-electron chi connectivity index (χ4n) is 1.60. The van der Waals surface area contributed by atoms with E-state index in [0.717, 1.165) is 0 Å². The zero-order valence-electron chi connectivity index (χ0n) is 10.4. The van der Waals surface area contributed by atoms with Crippen LogP contribution < -0.4 is 5.32 Å². The summed E-state index contributed by atoms with van der Waals surface area (Å²) in [4.78, 5) is 11.9. The molecule has 22 heavy (non-hydrogen) atoms. The highest BCUT2D eigenvalue weighted by Gasteiger charge is 2.38. The molecule has 1 N–H and O–H groups in total. The summed E-state index contributed by atoms with van der Waals surface area (Å²) in [5.41, 5.74) is 0.441. The maximum absolute atomic E-state index is 12.7. The van der Waals surface area contributed by atoms with E-state index in [-0.39, 0.29) is 9.97 Å². The molecule has 0 saturated carbocycles. The fraction of sp³-hybridized carbons (Fsp3) is 0.0909. The third kappa shape index (κ3) is 2.74. The number of amides is 1. The van der Waals surface area contributed by atoms with Crippen molar-refractivity contribution in [3.8, 4) is 0 Å². The standard InChI is InChI=1S/C11H5ClF3N5OS/c12-5-1-3-6(4-2-5)16-7(21)8-19-20-9(11(13,14)15)17-18-10(20)22-8/h1-4H,(H,16,21). The van der Waals surface area contributed by atoms with Crippen molar-refractivity contribution in [2.24, 2.45) is 0 Å². The Labute approximate surface area is 129 Å². The summed E-state index contributed by atoms with van der Waals surface area (Å²) in [6.45, 7) is 0. The summed E-state index contributed by atoms with van der Waals surface area (Å²) < 4.78 is 38.5. The quantitative estimate of drug-likeness (QED) is 0.773. The molecule has 0 aliphatic heterocycles. The van der Waals surface area contributed by atoms with Gasteiger partial charge in [0.05, 0.1) is 0 Å². The number of carbonyl (C=O) groups is 1. The number of benzene rings is 1. The SMILES string of the molecule is O=C(Nc1ccc(Cl)cc1)c1nn2c(C(F)(F)F)nnc2s1. The molecule has 114 valence electrons. The van der Waals surface area contributed by atoms with Crippen molar-refractivity contribution in [3.05, 3.63) is 40.1 Å². The number of alkyl halides is 3. The second-order valence-corrected chi connectivity index (χ2v) is 5.48. The van der Waals surface area contributed by atoms with E-state index in [0.29, 0.717) is 26.6 Å². The molecule has 6 nitrogen and oxygen atoms in total. The van der Waals surface area contributed by atoms with Gasteiger partial charge in [-0.05, 0) is 24.3 Å². The minimum Gasteiger partial charge on any atom is -0.320 e. The molecule has 0 spiro atoms. The molecule has 0 unspecified atom stereocenters. The Morgan fingerprint density at radius 1 is 1.23 bits per heavy atom. The summed E-state index contributed by atoms with van der Waals surface area (Å²) in [5.74, 6) is -1.92. The molecular formula is C11H5ClF3N5OS. The van der Waals surface area contributed by atoms with Crippen LogP contribution in [0.4, 0.5) is 18.9 Å². The van der Waals surface area contributed by atoms with Crippen LogP contribution in [0.2, 0.25) is 5.02 Å². The van der Waals surface area contributed by atoms with Crippen molar-refractivity contribution in [1.82, 2.24) is 19.8 Å². The first-order valence-electron chi connectivity index (χ1n) is 5.71. The van der Waals surface area contributed by atoms with Crippen molar-refractivity contribution < 1.29 is 18.0 Å². The van der Waals surface area contributed by atoms with Gasteiger partial charge < -0.3 is 5.32 Å². The average molecular weight is 348 g/mol. The minimum absolute atomic E-state index is 0.117. The predicted octanol–water partition coefficient (Wildman–Crippen LogP) is 3.11. The Bertz CT molecular complexity index is 842. The van der Waals surface area contributed by atoms with Gasteiger partial charge in [0, 0.05) is 10.7 Å². The summed E-state index contributed by atoms with van der Waals surface area (Å²) in [6.07, 6.45) is -4.70. The van der Waals surface area contributed by atoms with E-state index >= 15 is 0 Å². The molecule has 0 radical (unpaired) electrons. The van der Waals surface area contributed by atoms with Crippen molar-refractivity contribution >= 4 is 39.5 Å². The molecule has 0 aliphatic carbocycles. The van der Waals surface area contributed by atoms with E-state index in [1.165, 1.54) is 0 Å². The van der Waals surface area contributed by atoms with Gasteiger partial charge in [-0.15, -0.1) is 15.3 Å². The van der Waals surface area contributed by atoms with Crippen LogP contribution in [0.25, 0.3) is 4.96 Å². The molecule has 2 heterocycles. The number of rotatable bonds is 2. The Kier molecular flexibility index (Phi) is 3.49. The van der Waals surface area contributed by atoms with Gasteiger partial charge in [-0.3, -0.25) is 4.79 Å². The molecule has 0 atom stereocenters. The Morgan fingerprint density at radius 2 is 1.91 bits per heavy atom. The van der Waals surface area contributed by atoms with E-state index < -0.39 is 17.9 Å². The van der Waals surface area contributed by atoms with Gasteiger partial charge in [-0.2, -0.15) is 17.7 Å². The summed E-state index contributed by atoms with van der Waals surface area (Å²) in [7, 11) is 0. The topological polar surface area (TPSA) is 72.2 Å². The lowest BCUT2D eigenvalue weighted by Gasteiger charge is -2.02. The lowest BCUT2D eigenvalue weighted by molar-refractivity contribution is -0.146. The van der Waals surface area contributed by atoms with Gasteiger partial charge in [-0.1, -0.05) is 22.9 Å². The molecule has 3 aromatic rings. The van der Waals surface area contributed by atoms with Crippen LogP contribution >= 0.6 is 22.9 Å². The molecule has 0 bridgehead atoms. The number of anilines is 1. The maximum atomic E-state index is 12.7. The monoisotopic (exact) mass is 347 g/mol. The molecule has 1 amide bonds. The van der Waals surface area contributed by atoms with Crippen LogP contribution in [0.15, 0.2) is 24.3 Å².